The molecule has 0 spiro atoms. The molecule has 0 radical (unpaired) electrons. The fourth-order valence-corrected chi connectivity index (χ4v) is 1.14. The third-order valence-corrected chi connectivity index (χ3v) is 1.93. The first-order valence-electron chi connectivity index (χ1n) is 3.63. The van der Waals surface area contributed by atoms with Crippen molar-refractivity contribution in [3.05, 3.63) is 34.6 Å². The van der Waals surface area contributed by atoms with E-state index < -0.39 is 0 Å². The van der Waals surface area contributed by atoms with E-state index in [9.17, 15) is 0 Å². The van der Waals surface area contributed by atoms with Crippen LogP contribution in [0.3, 0.4) is 0 Å². The third-order valence-electron chi connectivity index (χ3n) is 1.41. The van der Waals surface area contributed by atoms with Gasteiger partial charge in [0.25, 0.3) is 0 Å². The molecule has 0 atom stereocenters. The van der Waals surface area contributed by atoms with Crippen LogP contribution in [0, 0.1) is 6.92 Å². The zero-order valence-corrected chi connectivity index (χ0v) is 8.44. The van der Waals surface area contributed by atoms with Crippen LogP contribution in [-0.2, 0) is 0 Å². The predicted molar refractivity (Wildman–Crippen MR) is 56.9 cm³/mol. The van der Waals surface area contributed by atoms with Gasteiger partial charge >= 0.3 is 0 Å². The van der Waals surface area contributed by atoms with Gasteiger partial charge in [-0.1, -0.05) is 23.8 Å². The second-order valence-electron chi connectivity index (χ2n) is 2.48. The lowest BCUT2D eigenvalue weighted by Crippen LogP contribution is -1.83. The van der Waals surface area contributed by atoms with Gasteiger partial charge in [0.2, 0.25) is 0 Å². The van der Waals surface area contributed by atoms with Crippen molar-refractivity contribution in [2.45, 2.75) is 6.92 Å². The highest BCUT2D eigenvalue weighted by Gasteiger charge is 1.96. The zero-order valence-electron chi connectivity index (χ0n) is 6.79. The van der Waals surface area contributed by atoms with E-state index in [1.807, 2.05) is 25.1 Å². The van der Waals surface area contributed by atoms with Crippen LogP contribution in [-0.4, -0.2) is 10.7 Å². The summed E-state index contributed by atoms with van der Waals surface area (Å²) in [4.78, 5) is 4.02. The lowest BCUT2D eigenvalue weighted by atomic mass is 10.2. The van der Waals surface area contributed by atoms with Crippen molar-refractivity contribution in [2.24, 2.45) is 0 Å². The Hall–Kier alpha value is -0.470. The van der Waals surface area contributed by atoms with Crippen molar-refractivity contribution in [2.75, 3.05) is 5.75 Å². The van der Waals surface area contributed by atoms with Crippen molar-refractivity contribution in [3.8, 4) is 0 Å². The van der Waals surface area contributed by atoms with Crippen LogP contribution in [0.25, 0.3) is 6.08 Å². The Morgan fingerprint density at radius 3 is 3.08 bits per heavy atom. The molecule has 0 fully saturated rings. The van der Waals surface area contributed by atoms with Gasteiger partial charge in [0, 0.05) is 17.5 Å². The first kappa shape index (κ1) is 9.62. The van der Waals surface area contributed by atoms with Crippen molar-refractivity contribution in [1.82, 2.24) is 4.98 Å². The van der Waals surface area contributed by atoms with Crippen molar-refractivity contribution in [3.63, 3.8) is 0 Å². The SMILES string of the molecule is Cc1cnc(Cl)c(C=CCS)c1. The van der Waals surface area contributed by atoms with E-state index in [4.69, 9.17) is 11.6 Å². The van der Waals surface area contributed by atoms with Gasteiger partial charge in [0.1, 0.15) is 5.15 Å². The van der Waals surface area contributed by atoms with E-state index in [1.54, 1.807) is 6.20 Å². The Morgan fingerprint density at radius 1 is 1.67 bits per heavy atom. The van der Waals surface area contributed by atoms with Crippen LogP contribution in [0.15, 0.2) is 18.3 Å². The summed E-state index contributed by atoms with van der Waals surface area (Å²) in [7, 11) is 0. The molecule has 0 bridgehead atoms. The molecule has 0 aromatic carbocycles. The molecule has 1 aromatic rings. The minimum Gasteiger partial charge on any atom is -0.244 e. The molecule has 12 heavy (non-hydrogen) atoms. The molecule has 1 aromatic heterocycles. The maximum atomic E-state index is 5.84. The topological polar surface area (TPSA) is 12.9 Å². The zero-order chi connectivity index (χ0) is 8.97. The summed E-state index contributed by atoms with van der Waals surface area (Å²) in [5.41, 5.74) is 2.06. The van der Waals surface area contributed by atoms with E-state index in [0.29, 0.717) is 10.9 Å². The Kier molecular flexibility index (Phi) is 3.63. The van der Waals surface area contributed by atoms with E-state index in [0.717, 1.165) is 11.1 Å². The number of aryl methyl sites for hydroxylation is 1. The van der Waals surface area contributed by atoms with Crippen LogP contribution < -0.4 is 0 Å². The van der Waals surface area contributed by atoms with Crippen molar-refractivity contribution in [1.29, 1.82) is 0 Å². The number of pyridine rings is 1. The van der Waals surface area contributed by atoms with Crippen molar-refractivity contribution >= 4 is 30.3 Å². The number of thiol groups is 1. The van der Waals surface area contributed by atoms with Crippen LogP contribution in [0.2, 0.25) is 5.15 Å². The highest BCUT2D eigenvalue weighted by Crippen LogP contribution is 2.15. The minimum atomic E-state index is 0.540. The fraction of sp³-hybridized carbons (Fsp3) is 0.222. The van der Waals surface area contributed by atoms with Gasteiger partial charge < -0.3 is 0 Å². The summed E-state index contributed by atoms with van der Waals surface area (Å²) in [6.45, 7) is 1.99. The summed E-state index contributed by atoms with van der Waals surface area (Å²) >= 11 is 9.91. The molecular weight excluding hydrogens is 190 g/mol. The van der Waals surface area contributed by atoms with Gasteiger partial charge in [0.05, 0.1) is 0 Å². The largest absolute Gasteiger partial charge is 0.244 e. The lowest BCUT2D eigenvalue weighted by Gasteiger charge is -1.97. The molecule has 0 unspecified atom stereocenters. The molecule has 1 nitrogen and oxygen atoms in total. The van der Waals surface area contributed by atoms with E-state index in [1.165, 1.54) is 0 Å². The molecule has 0 N–H and O–H groups in total. The lowest BCUT2D eigenvalue weighted by molar-refractivity contribution is 1.26. The molecule has 0 saturated carbocycles. The number of nitrogens with zero attached hydrogens (tertiary/aromatic N) is 1. The van der Waals surface area contributed by atoms with Crippen LogP contribution >= 0.6 is 24.2 Å². The molecule has 0 aliphatic heterocycles. The average molecular weight is 200 g/mol. The van der Waals surface area contributed by atoms with E-state index in [2.05, 4.69) is 17.6 Å². The molecule has 3 heteroatoms. The minimum absolute atomic E-state index is 0.540. The molecule has 0 saturated heterocycles. The number of halogens is 1. The van der Waals surface area contributed by atoms with Gasteiger partial charge in [-0.2, -0.15) is 12.6 Å². The van der Waals surface area contributed by atoms with Gasteiger partial charge in [-0.15, -0.1) is 0 Å². The summed E-state index contributed by atoms with van der Waals surface area (Å²) < 4.78 is 0. The molecule has 0 amide bonds. The molecule has 1 rings (SSSR count). The maximum absolute atomic E-state index is 5.84. The first-order chi connectivity index (χ1) is 5.74. The molecular formula is C9H10ClNS. The predicted octanol–water partition coefficient (Wildman–Crippen LogP) is 2.99. The normalized spacial score (nSPS) is 10.9. The number of aromatic nitrogens is 1. The quantitative estimate of drug-likeness (QED) is 0.571. The summed E-state index contributed by atoms with van der Waals surface area (Å²) in [5, 5.41) is 0.540. The van der Waals surface area contributed by atoms with Gasteiger partial charge in [0.15, 0.2) is 0 Å². The second-order valence-corrected chi connectivity index (χ2v) is 3.20. The van der Waals surface area contributed by atoms with Crippen LogP contribution in [0.5, 0.6) is 0 Å². The van der Waals surface area contributed by atoms with E-state index >= 15 is 0 Å². The summed E-state index contributed by atoms with van der Waals surface area (Å²) in [6.07, 6.45) is 5.61. The molecule has 1 heterocycles. The number of hydrogen-bond acceptors (Lipinski definition) is 2. The summed E-state index contributed by atoms with van der Waals surface area (Å²) in [6, 6.07) is 2.00. The van der Waals surface area contributed by atoms with Crippen LogP contribution in [0.1, 0.15) is 11.1 Å². The Bertz CT molecular complexity index is 297. The monoisotopic (exact) mass is 199 g/mol. The second kappa shape index (κ2) is 4.53. The Morgan fingerprint density at radius 2 is 2.42 bits per heavy atom. The Balaban J connectivity index is 2.97. The van der Waals surface area contributed by atoms with Crippen molar-refractivity contribution < 1.29 is 0 Å². The standard InChI is InChI=1S/C9H10ClNS/c1-7-5-8(3-2-4-12)9(10)11-6-7/h2-3,5-6,12H,4H2,1H3. The highest BCUT2D eigenvalue weighted by atomic mass is 35.5. The van der Waals surface area contributed by atoms with Gasteiger partial charge in [-0.05, 0) is 18.6 Å². The highest BCUT2D eigenvalue weighted by molar-refractivity contribution is 7.80. The average Bonchev–Trinajstić information content (AvgIpc) is 2.07. The molecule has 0 aliphatic carbocycles. The molecule has 0 aliphatic rings. The van der Waals surface area contributed by atoms with Crippen LogP contribution in [0.4, 0.5) is 0 Å². The Labute approximate surface area is 82.9 Å². The van der Waals surface area contributed by atoms with E-state index in [-0.39, 0.29) is 0 Å². The van der Waals surface area contributed by atoms with Gasteiger partial charge in [-0.25, -0.2) is 4.98 Å². The molecule has 64 valence electrons. The number of hydrogen-bond donors (Lipinski definition) is 1. The fourth-order valence-electron chi connectivity index (χ4n) is 0.872. The third kappa shape index (κ3) is 2.54. The maximum Gasteiger partial charge on any atom is 0.136 e. The summed E-state index contributed by atoms with van der Waals surface area (Å²) in [5.74, 6) is 0.713. The van der Waals surface area contributed by atoms with Gasteiger partial charge in [-0.3, -0.25) is 0 Å². The first-order valence-corrected chi connectivity index (χ1v) is 4.64. The number of rotatable bonds is 2. The smallest absolute Gasteiger partial charge is 0.136 e.